The van der Waals surface area contributed by atoms with Gasteiger partial charge in [-0.2, -0.15) is 0 Å². The van der Waals surface area contributed by atoms with Crippen LogP contribution in [0.5, 0.6) is 0 Å². The first-order chi connectivity index (χ1) is 5.86. The molecule has 0 saturated heterocycles. The van der Waals surface area contributed by atoms with Crippen LogP contribution in [0.1, 0.15) is 12.5 Å². The number of nitrogens with one attached hydrogen (secondary N) is 1. The molecular weight excluding hydrogens is 150 g/mol. The highest BCUT2D eigenvalue weighted by atomic mass is 16.1. The third-order valence-corrected chi connectivity index (χ3v) is 1.72. The van der Waals surface area contributed by atoms with Gasteiger partial charge in [-0.25, -0.2) is 0 Å². The van der Waals surface area contributed by atoms with E-state index in [-0.39, 0.29) is 0 Å². The van der Waals surface area contributed by atoms with E-state index in [1.165, 1.54) is 5.56 Å². The molecule has 0 aromatic heterocycles. The molecule has 0 aliphatic heterocycles. The Morgan fingerprint density at radius 3 is 3.00 bits per heavy atom. The van der Waals surface area contributed by atoms with Crippen LogP contribution in [-0.4, -0.2) is 12.8 Å². The number of aldehydes is 1. The molecule has 1 aromatic rings. The molecule has 0 amide bonds. The van der Waals surface area contributed by atoms with E-state index in [0.29, 0.717) is 6.54 Å². The van der Waals surface area contributed by atoms with Gasteiger partial charge in [0.15, 0.2) is 0 Å². The molecule has 1 rings (SSSR count). The highest BCUT2D eigenvalue weighted by Crippen LogP contribution is 2.09. The van der Waals surface area contributed by atoms with Crippen molar-refractivity contribution in [1.82, 2.24) is 0 Å². The van der Waals surface area contributed by atoms with Gasteiger partial charge in [0, 0.05) is 5.69 Å². The molecule has 0 fully saturated rings. The molecule has 2 nitrogen and oxygen atoms in total. The molecule has 1 N–H and O–H groups in total. The second kappa shape index (κ2) is 4.54. The number of hydrogen-bond donors (Lipinski definition) is 1. The maximum absolute atomic E-state index is 10.1. The summed E-state index contributed by atoms with van der Waals surface area (Å²) in [4.78, 5) is 10.1. The minimum absolute atomic E-state index is 0.382. The molecule has 0 spiro atoms. The van der Waals surface area contributed by atoms with Crippen LogP contribution in [0.4, 0.5) is 5.69 Å². The van der Waals surface area contributed by atoms with Crippen molar-refractivity contribution < 1.29 is 4.79 Å². The van der Waals surface area contributed by atoms with E-state index in [1.54, 1.807) is 0 Å². The molecule has 0 atom stereocenters. The Kier molecular flexibility index (Phi) is 3.33. The van der Waals surface area contributed by atoms with E-state index >= 15 is 0 Å². The average molecular weight is 163 g/mol. The lowest BCUT2D eigenvalue weighted by Gasteiger charge is -2.03. The maximum Gasteiger partial charge on any atom is 0.139 e. The Labute approximate surface area is 72.6 Å². The van der Waals surface area contributed by atoms with Crippen LogP contribution in [0.3, 0.4) is 0 Å². The van der Waals surface area contributed by atoms with E-state index in [1.807, 2.05) is 12.1 Å². The minimum Gasteiger partial charge on any atom is -0.378 e. The molecule has 0 aliphatic rings. The summed E-state index contributed by atoms with van der Waals surface area (Å²) in [7, 11) is 0. The first-order valence-electron chi connectivity index (χ1n) is 4.13. The van der Waals surface area contributed by atoms with E-state index in [0.717, 1.165) is 18.4 Å². The molecule has 2 heteroatoms. The molecule has 0 unspecified atom stereocenters. The van der Waals surface area contributed by atoms with E-state index in [9.17, 15) is 4.79 Å². The SMILES string of the molecule is CCc1cccc(NCC=O)c1. The van der Waals surface area contributed by atoms with Gasteiger partial charge in [0.2, 0.25) is 0 Å². The largest absolute Gasteiger partial charge is 0.378 e. The van der Waals surface area contributed by atoms with Crippen LogP contribution in [0.25, 0.3) is 0 Å². The molecule has 1 aromatic carbocycles. The molecule has 0 saturated carbocycles. The monoisotopic (exact) mass is 163 g/mol. The zero-order valence-corrected chi connectivity index (χ0v) is 7.21. The van der Waals surface area contributed by atoms with Gasteiger partial charge in [0.25, 0.3) is 0 Å². The third-order valence-electron chi connectivity index (χ3n) is 1.72. The van der Waals surface area contributed by atoms with Gasteiger partial charge in [0.1, 0.15) is 6.29 Å². The number of rotatable bonds is 4. The van der Waals surface area contributed by atoms with Gasteiger partial charge >= 0.3 is 0 Å². The fourth-order valence-corrected chi connectivity index (χ4v) is 1.06. The highest BCUT2D eigenvalue weighted by Gasteiger charge is 1.91. The van der Waals surface area contributed by atoms with Crippen LogP contribution in [0.15, 0.2) is 24.3 Å². The van der Waals surface area contributed by atoms with Gasteiger partial charge in [-0.15, -0.1) is 0 Å². The minimum atomic E-state index is 0.382. The Morgan fingerprint density at radius 1 is 1.50 bits per heavy atom. The summed E-state index contributed by atoms with van der Waals surface area (Å²) in [5, 5.41) is 3.00. The van der Waals surface area contributed by atoms with Gasteiger partial charge in [-0.1, -0.05) is 19.1 Å². The number of benzene rings is 1. The van der Waals surface area contributed by atoms with Crippen LogP contribution < -0.4 is 5.32 Å². The van der Waals surface area contributed by atoms with Gasteiger partial charge in [-0.05, 0) is 24.1 Å². The summed E-state index contributed by atoms with van der Waals surface area (Å²) < 4.78 is 0. The Morgan fingerprint density at radius 2 is 2.33 bits per heavy atom. The first-order valence-corrected chi connectivity index (χ1v) is 4.13. The van der Waals surface area contributed by atoms with Crippen molar-refractivity contribution in [3.63, 3.8) is 0 Å². The van der Waals surface area contributed by atoms with Crippen molar-refractivity contribution in [2.24, 2.45) is 0 Å². The molecule has 0 radical (unpaired) electrons. The predicted octanol–water partition coefficient (Wildman–Crippen LogP) is 1.86. The number of carbonyl (C=O) groups is 1. The van der Waals surface area contributed by atoms with Gasteiger partial charge in [0.05, 0.1) is 6.54 Å². The second-order valence-corrected chi connectivity index (χ2v) is 2.60. The Hall–Kier alpha value is -1.31. The lowest BCUT2D eigenvalue weighted by molar-refractivity contribution is -0.106. The van der Waals surface area contributed by atoms with E-state index in [2.05, 4.69) is 24.4 Å². The number of aryl methyl sites for hydroxylation is 1. The smallest absolute Gasteiger partial charge is 0.139 e. The predicted molar refractivity (Wildman–Crippen MR) is 50.4 cm³/mol. The number of hydrogen-bond acceptors (Lipinski definition) is 2. The summed E-state index contributed by atoms with van der Waals surface area (Å²) in [6.07, 6.45) is 1.88. The first kappa shape index (κ1) is 8.78. The van der Waals surface area contributed by atoms with Crippen molar-refractivity contribution in [2.45, 2.75) is 13.3 Å². The van der Waals surface area contributed by atoms with Crippen LogP contribution in [-0.2, 0) is 11.2 Å². The highest BCUT2D eigenvalue weighted by molar-refractivity contribution is 5.59. The van der Waals surface area contributed by atoms with Crippen molar-refractivity contribution >= 4 is 12.0 Å². The van der Waals surface area contributed by atoms with Crippen LogP contribution >= 0.6 is 0 Å². The molecular formula is C10H13NO. The fourth-order valence-electron chi connectivity index (χ4n) is 1.06. The summed E-state index contributed by atoms with van der Waals surface area (Å²) in [6.45, 7) is 2.49. The normalized spacial score (nSPS) is 9.42. The summed E-state index contributed by atoms with van der Waals surface area (Å²) in [6, 6.07) is 8.09. The molecule has 0 aliphatic carbocycles. The van der Waals surface area contributed by atoms with Gasteiger partial charge < -0.3 is 10.1 Å². The average Bonchev–Trinajstić information content (AvgIpc) is 2.15. The second-order valence-electron chi connectivity index (χ2n) is 2.60. The third kappa shape index (κ3) is 2.38. The van der Waals surface area contributed by atoms with Crippen molar-refractivity contribution in [3.05, 3.63) is 29.8 Å². The lowest BCUT2D eigenvalue weighted by Crippen LogP contribution is -2.01. The van der Waals surface area contributed by atoms with Crippen molar-refractivity contribution in [1.29, 1.82) is 0 Å². The maximum atomic E-state index is 10.1. The molecule has 64 valence electrons. The molecule has 0 heterocycles. The van der Waals surface area contributed by atoms with Crippen molar-refractivity contribution in [2.75, 3.05) is 11.9 Å². The number of anilines is 1. The van der Waals surface area contributed by atoms with E-state index < -0.39 is 0 Å². The zero-order valence-electron chi connectivity index (χ0n) is 7.21. The van der Waals surface area contributed by atoms with E-state index in [4.69, 9.17) is 0 Å². The molecule has 0 bridgehead atoms. The van der Waals surface area contributed by atoms with Crippen molar-refractivity contribution in [3.8, 4) is 0 Å². The summed E-state index contributed by atoms with van der Waals surface area (Å²) in [5.74, 6) is 0. The topological polar surface area (TPSA) is 29.1 Å². The fraction of sp³-hybridized carbons (Fsp3) is 0.300. The Balaban J connectivity index is 2.65. The zero-order chi connectivity index (χ0) is 8.81. The quantitative estimate of drug-likeness (QED) is 0.686. The summed E-state index contributed by atoms with van der Waals surface area (Å²) in [5.41, 5.74) is 2.30. The van der Waals surface area contributed by atoms with Crippen LogP contribution in [0, 0.1) is 0 Å². The van der Waals surface area contributed by atoms with Gasteiger partial charge in [-0.3, -0.25) is 0 Å². The standard InChI is InChI=1S/C10H13NO/c1-2-9-4-3-5-10(8-9)11-6-7-12/h3-5,7-8,11H,2,6H2,1H3. The summed E-state index contributed by atoms with van der Waals surface area (Å²) >= 11 is 0. The van der Waals surface area contributed by atoms with Crippen LogP contribution in [0.2, 0.25) is 0 Å². The molecule has 12 heavy (non-hydrogen) atoms. The Bertz CT molecular complexity index is 258. The lowest BCUT2D eigenvalue weighted by atomic mass is 10.1. The number of carbonyl (C=O) groups excluding carboxylic acids is 1.